The van der Waals surface area contributed by atoms with Crippen LogP contribution in [0.15, 0.2) is 0 Å². The lowest BCUT2D eigenvalue weighted by atomic mass is 10.5. The first-order valence-corrected chi connectivity index (χ1v) is 9.54. The summed E-state index contributed by atoms with van der Waals surface area (Å²) in [6, 6.07) is 0. The molecule has 0 atom stereocenters. The van der Waals surface area contributed by atoms with Crippen LogP contribution in [0.25, 0.3) is 0 Å². The van der Waals surface area contributed by atoms with Crippen LogP contribution in [0.3, 0.4) is 0 Å². The number of rotatable bonds is 6. The zero-order chi connectivity index (χ0) is 12.3. The van der Waals surface area contributed by atoms with Crippen molar-refractivity contribution in [2.75, 3.05) is 51.9 Å². The van der Waals surface area contributed by atoms with Crippen LogP contribution < -0.4 is 0 Å². The molecular weight excluding hydrogens is 231 g/mol. The average molecular weight is 255 g/mol. The van der Waals surface area contributed by atoms with Crippen molar-refractivity contribution in [2.24, 2.45) is 0 Å². The smallest absolute Gasteiger partial charge is 0.304 e. The van der Waals surface area contributed by atoms with Gasteiger partial charge >= 0.3 is 5.97 Å². The molecule has 0 spiro atoms. The minimum absolute atomic E-state index is 0.279. The number of hydrogen-bond acceptors (Lipinski definition) is 3. The number of ether oxygens (including phenoxy) is 1. The number of methoxy groups -OCH3 is 1. The molecule has 0 aromatic heterocycles. The highest BCUT2D eigenvalue weighted by Crippen LogP contribution is 2.45. The van der Waals surface area contributed by atoms with Crippen molar-refractivity contribution in [3.8, 4) is 0 Å². The van der Waals surface area contributed by atoms with Gasteiger partial charge in [-0.3, -0.25) is 4.79 Å². The van der Waals surface area contributed by atoms with E-state index in [0.29, 0.717) is 0 Å². The third-order valence-corrected chi connectivity index (χ3v) is 3.62. The molecule has 5 heteroatoms. The molecule has 0 aliphatic carbocycles. The van der Waals surface area contributed by atoms with Gasteiger partial charge in [-0.15, -0.1) is 0 Å². The van der Waals surface area contributed by atoms with Gasteiger partial charge in [0.1, 0.15) is 0 Å². The van der Waals surface area contributed by atoms with Gasteiger partial charge in [-0.05, 0) is 6.26 Å². The second-order valence-corrected chi connectivity index (χ2v) is 10.2. The van der Waals surface area contributed by atoms with Crippen LogP contribution in [0.1, 0.15) is 6.42 Å². The van der Waals surface area contributed by atoms with E-state index in [-0.39, 0.29) is 6.42 Å². The van der Waals surface area contributed by atoms with E-state index >= 15 is 0 Å². The number of aliphatic carboxylic acids is 1. The normalized spacial score (nSPS) is 10.5. The van der Waals surface area contributed by atoms with Gasteiger partial charge in [-0.1, -0.05) is 0 Å². The first kappa shape index (κ1) is 17.6. The summed E-state index contributed by atoms with van der Waals surface area (Å²) >= 11 is 1.55. The van der Waals surface area contributed by atoms with Crippen LogP contribution in [-0.4, -0.2) is 63.0 Å². The van der Waals surface area contributed by atoms with Crippen molar-refractivity contribution in [2.45, 2.75) is 6.42 Å². The number of hydrogen-bond donors (Lipinski definition) is 1. The molecule has 0 amide bonds. The molecule has 3 nitrogen and oxygen atoms in total. The number of carboxylic acids is 1. The molecule has 0 rings (SSSR count). The van der Waals surface area contributed by atoms with Crippen molar-refractivity contribution < 1.29 is 14.6 Å². The highest BCUT2D eigenvalue weighted by molar-refractivity contribution is 7.98. The standard InChI is InChI=1S/C6H16OP.C4H8O2S/c1-7-5-6-8(2,3)4;1-7-3-2-4(5)6/h5-6H2,1-4H3;2-3H2,1H3,(H,5,6)/q+1;. The van der Waals surface area contributed by atoms with Crippen LogP contribution in [0, 0.1) is 0 Å². The number of carboxylic acid groups (broad SMARTS) is 1. The van der Waals surface area contributed by atoms with Crippen LogP contribution in [-0.2, 0) is 9.53 Å². The Morgan fingerprint density at radius 3 is 2.07 bits per heavy atom. The number of thioether (sulfide) groups is 1. The molecule has 1 N–H and O–H groups in total. The van der Waals surface area contributed by atoms with E-state index in [1.807, 2.05) is 6.26 Å². The van der Waals surface area contributed by atoms with Gasteiger partial charge in [0.2, 0.25) is 0 Å². The average Bonchev–Trinajstić information content (AvgIpc) is 2.11. The maximum absolute atomic E-state index is 9.74. The zero-order valence-corrected chi connectivity index (χ0v) is 12.2. The third kappa shape index (κ3) is 25.0. The zero-order valence-electron chi connectivity index (χ0n) is 10.4. The largest absolute Gasteiger partial charge is 0.481 e. The van der Waals surface area contributed by atoms with E-state index in [9.17, 15) is 4.79 Å². The first-order valence-electron chi connectivity index (χ1n) is 4.83. The van der Waals surface area contributed by atoms with E-state index in [0.717, 1.165) is 12.4 Å². The van der Waals surface area contributed by atoms with E-state index < -0.39 is 13.2 Å². The predicted octanol–water partition coefficient (Wildman–Crippen LogP) is 2.36. The van der Waals surface area contributed by atoms with Crippen molar-refractivity contribution in [1.29, 1.82) is 0 Å². The maximum atomic E-state index is 9.74. The summed E-state index contributed by atoms with van der Waals surface area (Å²) < 4.78 is 4.95. The Kier molecular flexibility index (Phi) is 12.6. The lowest BCUT2D eigenvalue weighted by Gasteiger charge is -2.09. The van der Waals surface area contributed by atoms with Gasteiger partial charge in [0.25, 0.3) is 0 Å². The predicted molar refractivity (Wildman–Crippen MR) is 72.1 cm³/mol. The van der Waals surface area contributed by atoms with Crippen molar-refractivity contribution >= 4 is 25.0 Å². The van der Waals surface area contributed by atoms with E-state index in [1.165, 1.54) is 6.16 Å². The number of carbonyl (C=O) groups is 1. The monoisotopic (exact) mass is 255 g/mol. The maximum Gasteiger partial charge on any atom is 0.304 e. The Morgan fingerprint density at radius 2 is 1.93 bits per heavy atom. The summed E-state index contributed by atoms with van der Waals surface area (Å²) in [7, 11) is 1.20. The Hall–Kier alpha value is 0.210. The first-order chi connectivity index (χ1) is 6.83. The Balaban J connectivity index is 0. The second-order valence-electron chi connectivity index (χ2n) is 4.14. The Morgan fingerprint density at radius 1 is 1.40 bits per heavy atom. The summed E-state index contributed by atoms with van der Waals surface area (Å²) in [4.78, 5) is 9.74. The van der Waals surface area contributed by atoms with Crippen LogP contribution in [0.5, 0.6) is 0 Å². The quantitative estimate of drug-likeness (QED) is 0.740. The molecule has 0 heterocycles. The molecule has 0 saturated carbocycles. The minimum Gasteiger partial charge on any atom is -0.481 e. The fraction of sp³-hybridized carbons (Fsp3) is 0.900. The lowest BCUT2D eigenvalue weighted by Crippen LogP contribution is -1.99. The molecule has 0 fully saturated rings. The van der Waals surface area contributed by atoms with Gasteiger partial charge in [0, 0.05) is 40.1 Å². The van der Waals surface area contributed by atoms with Crippen molar-refractivity contribution in [3.05, 3.63) is 0 Å². The fourth-order valence-corrected chi connectivity index (χ4v) is 1.66. The summed E-state index contributed by atoms with van der Waals surface area (Å²) in [5, 5.41) is 8.03. The van der Waals surface area contributed by atoms with Crippen LogP contribution in [0.2, 0.25) is 0 Å². The lowest BCUT2D eigenvalue weighted by molar-refractivity contribution is -0.136. The third-order valence-electron chi connectivity index (χ3n) is 1.49. The van der Waals surface area contributed by atoms with Gasteiger partial charge in [-0.25, -0.2) is 0 Å². The van der Waals surface area contributed by atoms with E-state index in [2.05, 4.69) is 20.0 Å². The Bertz CT molecular complexity index is 157. The van der Waals surface area contributed by atoms with Gasteiger partial charge in [0.15, 0.2) is 0 Å². The molecule has 0 saturated heterocycles. The molecule has 0 aliphatic heterocycles. The molecule has 92 valence electrons. The van der Waals surface area contributed by atoms with Crippen molar-refractivity contribution in [3.63, 3.8) is 0 Å². The van der Waals surface area contributed by atoms with Crippen LogP contribution in [0.4, 0.5) is 0 Å². The topological polar surface area (TPSA) is 46.5 Å². The van der Waals surface area contributed by atoms with Gasteiger partial charge in [0.05, 0.1) is 19.2 Å². The molecule has 0 radical (unpaired) electrons. The summed E-state index contributed by atoms with van der Waals surface area (Å²) in [5.41, 5.74) is 0. The minimum atomic E-state index is -0.714. The van der Waals surface area contributed by atoms with Gasteiger partial charge in [-0.2, -0.15) is 11.8 Å². The second kappa shape index (κ2) is 10.7. The summed E-state index contributed by atoms with van der Waals surface area (Å²) in [6.07, 6.45) is 3.42. The van der Waals surface area contributed by atoms with Crippen molar-refractivity contribution in [1.82, 2.24) is 0 Å². The summed E-state index contributed by atoms with van der Waals surface area (Å²) in [5.74, 6) is 0.00403. The summed E-state index contributed by atoms with van der Waals surface area (Å²) in [6.45, 7) is 7.90. The molecule has 0 aromatic carbocycles. The van der Waals surface area contributed by atoms with E-state index in [1.54, 1.807) is 18.9 Å². The SMILES string of the molecule is COCC[P+](C)(C)C.CSCCC(=O)O. The van der Waals surface area contributed by atoms with Gasteiger partial charge < -0.3 is 9.84 Å². The molecule has 0 unspecified atom stereocenters. The molecule has 0 bridgehead atoms. The molecule has 15 heavy (non-hydrogen) atoms. The van der Waals surface area contributed by atoms with E-state index in [4.69, 9.17) is 9.84 Å². The fourth-order valence-electron chi connectivity index (χ4n) is 0.555. The molecular formula is C10H24O3PS+. The highest BCUT2D eigenvalue weighted by atomic mass is 32.2. The Labute approximate surface area is 98.3 Å². The highest BCUT2D eigenvalue weighted by Gasteiger charge is 2.15. The molecule has 0 aliphatic rings. The molecule has 0 aromatic rings. The van der Waals surface area contributed by atoms with Crippen LogP contribution >= 0.6 is 19.0 Å².